The SMILES string of the molecule is Nc1nc2c(nc(-c3cc4ccccc4[nH]3)n2[C@H]2C[C@H](O)[C@@H](CO)O2)c(=O)[nH]1. The highest BCUT2D eigenvalue weighted by Crippen LogP contribution is 2.35. The Morgan fingerprint density at radius 3 is 2.86 bits per heavy atom. The lowest BCUT2D eigenvalue weighted by Gasteiger charge is -2.16. The molecule has 1 fully saturated rings. The molecule has 144 valence electrons. The minimum absolute atomic E-state index is 0.0425. The second kappa shape index (κ2) is 6.16. The fraction of sp³-hybridized carbons (Fsp3) is 0.278. The van der Waals surface area contributed by atoms with Crippen LogP contribution in [0.3, 0.4) is 0 Å². The Kier molecular flexibility index (Phi) is 3.72. The van der Waals surface area contributed by atoms with Crippen LogP contribution in [0.5, 0.6) is 0 Å². The number of imidazole rings is 1. The smallest absolute Gasteiger partial charge is 0.280 e. The highest BCUT2D eigenvalue weighted by Gasteiger charge is 2.37. The van der Waals surface area contributed by atoms with Crippen LogP contribution in [0.1, 0.15) is 12.6 Å². The Bertz CT molecular complexity index is 1210. The number of rotatable bonds is 3. The average Bonchev–Trinajstić information content (AvgIpc) is 3.35. The number of H-pyrrole nitrogens is 2. The highest BCUT2D eigenvalue weighted by molar-refractivity contribution is 5.86. The number of benzene rings is 1. The first-order chi connectivity index (χ1) is 13.5. The lowest BCUT2D eigenvalue weighted by atomic mass is 10.2. The molecule has 1 saturated heterocycles. The van der Waals surface area contributed by atoms with E-state index in [1.165, 1.54) is 0 Å². The predicted octanol–water partition coefficient (Wildman–Crippen LogP) is 0.491. The summed E-state index contributed by atoms with van der Waals surface area (Å²) in [5.41, 5.74) is 7.23. The van der Waals surface area contributed by atoms with E-state index in [0.29, 0.717) is 11.5 Å². The maximum absolute atomic E-state index is 12.4. The zero-order valence-electron chi connectivity index (χ0n) is 14.7. The second-order valence-corrected chi connectivity index (χ2v) is 6.81. The van der Waals surface area contributed by atoms with Crippen molar-refractivity contribution in [3.05, 3.63) is 40.7 Å². The number of fused-ring (bicyclic) bond motifs is 2. The number of nitrogens with zero attached hydrogens (tertiary/aromatic N) is 3. The van der Waals surface area contributed by atoms with E-state index in [-0.39, 0.29) is 30.1 Å². The summed E-state index contributed by atoms with van der Waals surface area (Å²) < 4.78 is 7.45. The molecule has 1 aromatic carbocycles. The monoisotopic (exact) mass is 382 g/mol. The number of aliphatic hydroxyl groups excluding tert-OH is 2. The molecule has 0 saturated carbocycles. The van der Waals surface area contributed by atoms with Crippen molar-refractivity contribution < 1.29 is 14.9 Å². The number of nitrogens with two attached hydrogens (primary N) is 1. The highest BCUT2D eigenvalue weighted by atomic mass is 16.5. The standard InChI is InChI=1S/C18H18N6O4/c19-18-22-16-14(17(27)23-18)21-15(10-5-8-3-1-2-4-9(8)20-10)24(16)13-6-11(26)12(7-25)28-13/h1-5,11-13,20,25-26H,6-7H2,(H3,19,22,23,27)/t11-,12+,13+/m0/s1. The van der Waals surface area contributed by atoms with Gasteiger partial charge < -0.3 is 25.7 Å². The first kappa shape index (κ1) is 16.9. The van der Waals surface area contributed by atoms with Gasteiger partial charge in [-0.2, -0.15) is 4.98 Å². The van der Waals surface area contributed by atoms with Crippen LogP contribution in [0.15, 0.2) is 35.1 Å². The van der Waals surface area contributed by atoms with Crippen LogP contribution in [0, 0.1) is 0 Å². The van der Waals surface area contributed by atoms with Gasteiger partial charge in [-0.3, -0.25) is 14.3 Å². The maximum Gasteiger partial charge on any atom is 0.280 e. The molecule has 1 aliphatic rings. The van der Waals surface area contributed by atoms with Crippen LogP contribution < -0.4 is 11.3 Å². The number of nitrogens with one attached hydrogen (secondary N) is 2. The molecule has 0 radical (unpaired) electrons. The van der Waals surface area contributed by atoms with Crippen LogP contribution in [-0.4, -0.2) is 53.5 Å². The third kappa shape index (κ3) is 2.50. The molecule has 0 spiro atoms. The molecule has 10 nitrogen and oxygen atoms in total. The van der Waals surface area contributed by atoms with Crippen LogP contribution >= 0.6 is 0 Å². The van der Waals surface area contributed by atoms with Crippen molar-refractivity contribution in [2.75, 3.05) is 12.3 Å². The molecule has 5 rings (SSSR count). The van der Waals surface area contributed by atoms with E-state index in [2.05, 4.69) is 19.9 Å². The number of hydrogen-bond donors (Lipinski definition) is 5. The minimum atomic E-state index is -0.845. The zero-order chi connectivity index (χ0) is 19.4. The molecule has 28 heavy (non-hydrogen) atoms. The summed E-state index contributed by atoms with van der Waals surface area (Å²) in [4.78, 5) is 26.8. The number of para-hydroxylation sites is 1. The number of ether oxygens (including phenoxy) is 1. The first-order valence-electron chi connectivity index (χ1n) is 8.85. The third-order valence-electron chi connectivity index (χ3n) is 5.01. The van der Waals surface area contributed by atoms with Gasteiger partial charge in [-0.1, -0.05) is 18.2 Å². The van der Waals surface area contributed by atoms with E-state index in [1.54, 1.807) is 4.57 Å². The Morgan fingerprint density at radius 2 is 2.11 bits per heavy atom. The molecule has 3 atom stereocenters. The molecule has 6 N–H and O–H groups in total. The van der Waals surface area contributed by atoms with Gasteiger partial charge in [0.25, 0.3) is 5.56 Å². The van der Waals surface area contributed by atoms with Crippen LogP contribution in [0.4, 0.5) is 5.95 Å². The lowest BCUT2D eigenvalue weighted by molar-refractivity contribution is -0.0426. The molecule has 3 aromatic heterocycles. The van der Waals surface area contributed by atoms with Gasteiger partial charge >= 0.3 is 0 Å². The topological polar surface area (TPSA) is 155 Å². The molecular formula is C18H18N6O4. The van der Waals surface area contributed by atoms with Gasteiger partial charge in [0.1, 0.15) is 12.3 Å². The van der Waals surface area contributed by atoms with Crippen molar-refractivity contribution in [3.8, 4) is 11.5 Å². The Morgan fingerprint density at radius 1 is 1.29 bits per heavy atom. The Balaban J connectivity index is 1.76. The molecule has 4 heterocycles. The van der Waals surface area contributed by atoms with E-state index in [9.17, 15) is 15.0 Å². The summed E-state index contributed by atoms with van der Waals surface area (Å²) in [5.74, 6) is 0.393. The quantitative estimate of drug-likeness (QED) is 0.345. The van der Waals surface area contributed by atoms with Crippen molar-refractivity contribution in [1.29, 1.82) is 0 Å². The summed E-state index contributed by atoms with van der Waals surface area (Å²) >= 11 is 0. The van der Waals surface area contributed by atoms with Crippen molar-refractivity contribution in [2.45, 2.75) is 24.9 Å². The minimum Gasteiger partial charge on any atom is -0.394 e. The zero-order valence-corrected chi connectivity index (χ0v) is 14.7. The van der Waals surface area contributed by atoms with Crippen LogP contribution in [0.2, 0.25) is 0 Å². The molecule has 0 bridgehead atoms. The number of aromatic amines is 2. The van der Waals surface area contributed by atoms with E-state index in [4.69, 9.17) is 10.5 Å². The van der Waals surface area contributed by atoms with Crippen molar-refractivity contribution in [3.63, 3.8) is 0 Å². The number of aliphatic hydroxyl groups is 2. The fourth-order valence-electron chi connectivity index (χ4n) is 3.69. The van der Waals surface area contributed by atoms with Crippen LogP contribution in [-0.2, 0) is 4.74 Å². The number of aromatic nitrogens is 5. The Labute approximate surface area is 157 Å². The number of hydrogen-bond acceptors (Lipinski definition) is 7. The predicted molar refractivity (Wildman–Crippen MR) is 101 cm³/mol. The van der Waals surface area contributed by atoms with Gasteiger partial charge in [0, 0.05) is 17.3 Å². The molecule has 10 heteroatoms. The molecular weight excluding hydrogens is 364 g/mol. The molecule has 0 amide bonds. The summed E-state index contributed by atoms with van der Waals surface area (Å²) in [6, 6.07) is 9.66. The van der Waals surface area contributed by atoms with Gasteiger partial charge in [-0.15, -0.1) is 0 Å². The largest absolute Gasteiger partial charge is 0.394 e. The number of nitrogen functional groups attached to an aromatic ring is 1. The van der Waals surface area contributed by atoms with Crippen molar-refractivity contribution in [2.24, 2.45) is 0 Å². The molecule has 0 aliphatic carbocycles. The van der Waals surface area contributed by atoms with Gasteiger partial charge in [0.15, 0.2) is 17.0 Å². The van der Waals surface area contributed by atoms with Crippen molar-refractivity contribution >= 4 is 28.0 Å². The fourth-order valence-corrected chi connectivity index (χ4v) is 3.69. The van der Waals surface area contributed by atoms with Crippen molar-refractivity contribution in [1.82, 2.24) is 24.5 Å². The summed E-state index contributed by atoms with van der Waals surface area (Å²) in [7, 11) is 0. The van der Waals surface area contributed by atoms with Gasteiger partial charge in [0.2, 0.25) is 5.95 Å². The van der Waals surface area contributed by atoms with E-state index in [0.717, 1.165) is 10.9 Å². The number of anilines is 1. The second-order valence-electron chi connectivity index (χ2n) is 6.81. The summed E-state index contributed by atoms with van der Waals surface area (Å²) in [5, 5.41) is 20.6. The Hall–Kier alpha value is -3.21. The molecule has 1 aliphatic heterocycles. The van der Waals surface area contributed by atoms with E-state index in [1.807, 2.05) is 30.3 Å². The van der Waals surface area contributed by atoms with Crippen LogP contribution in [0.25, 0.3) is 33.6 Å². The van der Waals surface area contributed by atoms with Gasteiger partial charge in [-0.05, 0) is 12.1 Å². The van der Waals surface area contributed by atoms with Gasteiger partial charge in [-0.25, -0.2) is 4.98 Å². The van der Waals surface area contributed by atoms with Gasteiger partial charge in [0.05, 0.1) is 18.4 Å². The summed E-state index contributed by atoms with van der Waals surface area (Å²) in [6.45, 7) is -0.317. The lowest BCUT2D eigenvalue weighted by Crippen LogP contribution is -2.24. The normalized spacial score (nSPS) is 22.4. The summed E-state index contributed by atoms with van der Waals surface area (Å²) in [6.07, 6.45) is -2.01. The maximum atomic E-state index is 12.4. The third-order valence-corrected chi connectivity index (χ3v) is 5.01. The van der Waals surface area contributed by atoms with E-state index < -0.39 is 24.0 Å². The van der Waals surface area contributed by atoms with E-state index >= 15 is 0 Å². The molecule has 0 unspecified atom stereocenters. The molecule has 4 aromatic rings. The average molecular weight is 382 g/mol. The first-order valence-corrected chi connectivity index (χ1v) is 8.85.